The van der Waals surface area contributed by atoms with Crippen molar-refractivity contribution >= 4 is 5.78 Å². The first-order valence-corrected chi connectivity index (χ1v) is 6.07. The van der Waals surface area contributed by atoms with E-state index in [9.17, 15) is 4.79 Å². The highest BCUT2D eigenvalue weighted by Gasteiger charge is 2.35. The maximum Gasteiger partial charge on any atom is 0.146 e. The van der Waals surface area contributed by atoms with Crippen LogP contribution in [-0.4, -0.2) is 5.78 Å². The maximum atomic E-state index is 12.0. The average Bonchev–Trinajstić information content (AvgIpc) is 2.54. The highest BCUT2D eigenvalue weighted by atomic mass is 16.1. The van der Waals surface area contributed by atoms with Crippen LogP contribution < -0.4 is 0 Å². The van der Waals surface area contributed by atoms with Gasteiger partial charge in [-0.1, -0.05) is 37.8 Å². The number of fused-ring (bicyclic) bond motifs is 1. The molecule has 0 radical (unpaired) electrons. The molecule has 2 aliphatic carbocycles. The van der Waals surface area contributed by atoms with E-state index < -0.39 is 0 Å². The zero-order valence-corrected chi connectivity index (χ0v) is 9.09. The van der Waals surface area contributed by atoms with E-state index in [1.54, 1.807) is 0 Å². The molecule has 1 saturated carbocycles. The summed E-state index contributed by atoms with van der Waals surface area (Å²) in [5, 5.41) is 0. The Morgan fingerprint density at radius 3 is 3.00 bits per heavy atom. The van der Waals surface area contributed by atoms with Gasteiger partial charge >= 0.3 is 0 Å². The number of ketones is 1. The van der Waals surface area contributed by atoms with Gasteiger partial charge in [-0.3, -0.25) is 4.79 Å². The predicted molar refractivity (Wildman–Crippen MR) is 58.1 cm³/mol. The van der Waals surface area contributed by atoms with Gasteiger partial charge in [-0.05, 0) is 25.7 Å². The number of carbonyl (C=O) groups excluding carboxylic acids is 1. The molecule has 1 fully saturated rings. The summed E-state index contributed by atoms with van der Waals surface area (Å²) in [6.45, 7) is 2.19. The number of unbranched alkanes of at least 4 members (excludes halogenated alkanes) is 1. The van der Waals surface area contributed by atoms with Crippen LogP contribution in [0.1, 0.15) is 51.9 Å². The maximum absolute atomic E-state index is 12.0. The zero-order chi connectivity index (χ0) is 9.97. The van der Waals surface area contributed by atoms with Crippen molar-refractivity contribution in [3.8, 4) is 0 Å². The van der Waals surface area contributed by atoms with Crippen LogP contribution in [0.15, 0.2) is 11.6 Å². The second kappa shape index (κ2) is 4.29. The minimum atomic E-state index is 0.285. The summed E-state index contributed by atoms with van der Waals surface area (Å²) in [5.41, 5.74) is 1.47. The summed E-state index contributed by atoms with van der Waals surface area (Å²) < 4.78 is 0. The van der Waals surface area contributed by atoms with Gasteiger partial charge in [0.2, 0.25) is 0 Å². The second-order valence-corrected chi connectivity index (χ2v) is 4.69. The molecule has 2 atom stereocenters. The molecular weight excluding hydrogens is 172 g/mol. The lowest BCUT2D eigenvalue weighted by molar-refractivity contribution is -0.123. The third-order valence-electron chi connectivity index (χ3n) is 3.65. The molecule has 2 rings (SSSR count). The van der Waals surface area contributed by atoms with E-state index >= 15 is 0 Å². The van der Waals surface area contributed by atoms with Crippen molar-refractivity contribution in [2.24, 2.45) is 11.8 Å². The van der Waals surface area contributed by atoms with Crippen LogP contribution >= 0.6 is 0 Å². The number of allylic oxidation sites excluding steroid dienone is 2. The summed E-state index contributed by atoms with van der Waals surface area (Å²) in [6, 6.07) is 0. The van der Waals surface area contributed by atoms with Gasteiger partial charge in [0.15, 0.2) is 0 Å². The molecule has 14 heavy (non-hydrogen) atoms. The Morgan fingerprint density at radius 1 is 1.43 bits per heavy atom. The number of carbonyl (C=O) groups is 1. The van der Waals surface area contributed by atoms with Gasteiger partial charge in [0.1, 0.15) is 5.78 Å². The van der Waals surface area contributed by atoms with Gasteiger partial charge in [-0.25, -0.2) is 0 Å². The van der Waals surface area contributed by atoms with E-state index in [1.807, 2.05) is 0 Å². The van der Waals surface area contributed by atoms with Gasteiger partial charge in [-0.2, -0.15) is 0 Å². The molecule has 1 nitrogen and oxygen atoms in total. The highest BCUT2D eigenvalue weighted by Crippen LogP contribution is 2.39. The predicted octanol–water partition coefficient (Wildman–Crippen LogP) is 3.49. The summed E-state index contributed by atoms with van der Waals surface area (Å²) in [5.74, 6) is 1.16. The van der Waals surface area contributed by atoms with Crippen molar-refractivity contribution in [1.29, 1.82) is 0 Å². The Hall–Kier alpha value is -0.590. The molecule has 0 bridgehead atoms. The van der Waals surface area contributed by atoms with Crippen molar-refractivity contribution < 1.29 is 4.79 Å². The van der Waals surface area contributed by atoms with E-state index in [0.717, 1.165) is 12.8 Å². The Balaban J connectivity index is 2.00. The molecule has 0 aromatic carbocycles. The Bertz CT molecular complexity index is 252. The monoisotopic (exact) mass is 192 g/mol. The lowest BCUT2D eigenvalue weighted by atomic mass is 9.84. The van der Waals surface area contributed by atoms with Gasteiger partial charge in [-0.15, -0.1) is 0 Å². The molecule has 0 spiro atoms. The number of hydrogen-bond acceptors (Lipinski definition) is 1. The molecule has 0 N–H and O–H groups in total. The first-order valence-electron chi connectivity index (χ1n) is 6.07. The normalized spacial score (nSPS) is 31.5. The van der Waals surface area contributed by atoms with Gasteiger partial charge in [0.25, 0.3) is 0 Å². The van der Waals surface area contributed by atoms with Crippen LogP contribution in [0.3, 0.4) is 0 Å². The first-order chi connectivity index (χ1) is 6.83. The quantitative estimate of drug-likeness (QED) is 0.625. The van der Waals surface area contributed by atoms with Gasteiger partial charge in [0, 0.05) is 11.8 Å². The van der Waals surface area contributed by atoms with Crippen molar-refractivity contribution in [2.45, 2.75) is 51.9 Å². The summed E-state index contributed by atoms with van der Waals surface area (Å²) >= 11 is 0. The van der Waals surface area contributed by atoms with Crippen LogP contribution in [0.4, 0.5) is 0 Å². The third kappa shape index (κ3) is 1.77. The lowest BCUT2D eigenvalue weighted by Gasteiger charge is -2.19. The van der Waals surface area contributed by atoms with Crippen molar-refractivity contribution in [1.82, 2.24) is 0 Å². The largest absolute Gasteiger partial charge is 0.298 e. The van der Waals surface area contributed by atoms with E-state index in [-0.39, 0.29) is 5.92 Å². The van der Waals surface area contributed by atoms with E-state index in [1.165, 1.54) is 37.7 Å². The van der Waals surface area contributed by atoms with E-state index in [2.05, 4.69) is 13.0 Å². The molecule has 0 aliphatic heterocycles. The molecule has 0 amide bonds. The summed E-state index contributed by atoms with van der Waals surface area (Å²) in [7, 11) is 0. The molecule has 2 aliphatic rings. The molecular formula is C13H20O. The average molecular weight is 192 g/mol. The Kier molecular flexibility index (Phi) is 3.05. The number of rotatable bonds is 3. The molecule has 1 heteroatoms. The fourth-order valence-electron chi connectivity index (χ4n) is 2.81. The number of Topliss-reactive ketones (excluding diaryl/α,β-unsaturated/α-hetero) is 1. The molecule has 0 aromatic heterocycles. The molecule has 0 aromatic rings. The molecule has 2 unspecified atom stereocenters. The smallest absolute Gasteiger partial charge is 0.146 e. The summed E-state index contributed by atoms with van der Waals surface area (Å²) in [6.07, 6.45) is 10.7. The first kappa shape index (κ1) is 9.95. The van der Waals surface area contributed by atoms with Crippen LogP contribution in [0.25, 0.3) is 0 Å². The standard InChI is InChI=1S/C13H20O/c1-2-3-6-11-9-10-7-4-5-8-12(10)13(11)14/h9,11-12H,2-8H2,1H3. The highest BCUT2D eigenvalue weighted by molar-refractivity contribution is 5.90. The summed E-state index contributed by atoms with van der Waals surface area (Å²) in [4.78, 5) is 12.0. The molecule has 0 heterocycles. The topological polar surface area (TPSA) is 17.1 Å². The lowest BCUT2D eigenvalue weighted by Crippen LogP contribution is -2.19. The zero-order valence-electron chi connectivity index (χ0n) is 9.09. The SMILES string of the molecule is CCCCC1C=C2CCCCC2C1=O. The van der Waals surface area contributed by atoms with Crippen molar-refractivity contribution in [3.05, 3.63) is 11.6 Å². The second-order valence-electron chi connectivity index (χ2n) is 4.69. The van der Waals surface area contributed by atoms with Crippen molar-refractivity contribution in [2.75, 3.05) is 0 Å². The van der Waals surface area contributed by atoms with Crippen LogP contribution in [-0.2, 0) is 4.79 Å². The molecule has 0 saturated heterocycles. The third-order valence-corrected chi connectivity index (χ3v) is 3.65. The van der Waals surface area contributed by atoms with Gasteiger partial charge < -0.3 is 0 Å². The Labute approximate surface area is 86.6 Å². The van der Waals surface area contributed by atoms with Crippen molar-refractivity contribution in [3.63, 3.8) is 0 Å². The molecule has 78 valence electrons. The Morgan fingerprint density at radius 2 is 2.29 bits per heavy atom. The van der Waals surface area contributed by atoms with Gasteiger partial charge in [0.05, 0.1) is 0 Å². The van der Waals surface area contributed by atoms with E-state index in [0.29, 0.717) is 11.7 Å². The number of hydrogen-bond donors (Lipinski definition) is 0. The minimum absolute atomic E-state index is 0.285. The fraction of sp³-hybridized carbons (Fsp3) is 0.769. The van der Waals surface area contributed by atoms with Crippen LogP contribution in [0.2, 0.25) is 0 Å². The minimum Gasteiger partial charge on any atom is -0.298 e. The van der Waals surface area contributed by atoms with E-state index in [4.69, 9.17) is 0 Å². The fourth-order valence-corrected chi connectivity index (χ4v) is 2.81. The van der Waals surface area contributed by atoms with Crippen LogP contribution in [0, 0.1) is 11.8 Å². The van der Waals surface area contributed by atoms with Crippen LogP contribution in [0.5, 0.6) is 0 Å².